The fourth-order valence-electron chi connectivity index (χ4n) is 4.38. The fourth-order valence-corrected chi connectivity index (χ4v) is 4.74. The number of aromatic amines is 1. The number of aromatic nitrogens is 1. The van der Waals surface area contributed by atoms with Crippen LogP contribution in [0.4, 0.5) is 9.18 Å². The Morgan fingerprint density at radius 3 is 2.55 bits per heavy atom. The van der Waals surface area contributed by atoms with Crippen molar-refractivity contribution in [3.05, 3.63) is 93.8 Å². The smallest absolute Gasteiger partial charge is 0.416 e. The first-order chi connectivity index (χ1) is 16.0. The van der Waals surface area contributed by atoms with Crippen LogP contribution in [0, 0.1) is 5.82 Å². The van der Waals surface area contributed by atoms with Crippen LogP contribution in [0.5, 0.6) is 11.5 Å². The molecule has 1 atom stereocenters. The zero-order valence-corrected chi connectivity index (χ0v) is 19.6. The van der Waals surface area contributed by atoms with Gasteiger partial charge in [-0.25, -0.2) is 9.18 Å². The van der Waals surface area contributed by atoms with Gasteiger partial charge in [-0.2, -0.15) is 0 Å². The molecule has 7 heteroatoms. The summed E-state index contributed by atoms with van der Waals surface area (Å²) >= 11 is 3.57. The molecule has 1 aromatic heterocycles. The predicted molar refractivity (Wildman–Crippen MR) is 128 cm³/mol. The maximum Gasteiger partial charge on any atom is 0.416 e. The number of rotatable bonds is 4. The van der Waals surface area contributed by atoms with Crippen molar-refractivity contribution in [1.29, 1.82) is 0 Å². The minimum Gasteiger partial charge on any atom is -0.494 e. The SMILES string of the molecule is CCOc1ccc(C2c3[nH]c4ccc(Br)cc4c3CCN2C(=O)Oc2ccc(F)cc2)cc1. The van der Waals surface area contributed by atoms with E-state index in [0.717, 1.165) is 32.4 Å². The molecule has 0 saturated heterocycles. The number of carbonyl (C=O) groups excluding carboxylic acids is 1. The lowest BCUT2D eigenvalue weighted by Gasteiger charge is -2.35. The quantitative estimate of drug-likeness (QED) is 0.337. The van der Waals surface area contributed by atoms with Gasteiger partial charge in [0.1, 0.15) is 23.4 Å². The van der Waals surface area contributed by atoms with E-state index in [9.17, 15) is 9.18 Å². The molecule has 4 aromatic rings. The second kappa shape index (κ2) is 8.90. The Bertz CT molecular complexity index is 1300. The normalized spacial score (nSPS) is 15.4. The summed E-state index contributed by atoms with van der Waals surface area (Å²) in [5.74, 6) is 0.699. The Kier molecular flexibility index (Phi) is 5.81. The average Bonchev–Trinajstić information content (AvgIpc) is 3.18. The van der Waals surface area contributed by atoms with Gasteiger partial charge in [-0.1, -0.05) is 28.1 Å². The minimum absolute atomic E-state index is 0.304. The van der Waals surface area contributed by atoms with Crippen molar-refractivity contribution in [2.75, 3.05) is 13.2 Å². The van der Waals surface area contributed by atoms with Crippen LogP contribution in [0.15, 0.2) is 71.2 Å². The van der Waals surface area contributed by atoms with Crippen molar-refractivity contribution in [3.8, 4) is 11.5 Å². The number of nitrogens with zero attached hydrogens (tertiary/aromatic N) is 1. The summed E-state index contributed by atoms with van der Waals surface area (Å²) in [7, 11) is 0. The van der Waals surface area contributed by atoms with E-state index in [1.165, 1.54) is 29.8 Å². The summed E-state index contributed by atoms with van der Waals surface area (Å²) in [5, 5.41) is 1.14. The number of amides is 1. The van der Waals surface area contributed by atoms with Crippen LogP contribution in [0.2, 0.25) is 0 Å². The highest BCUT2D eigenvalue weighted by Gasteiger charge is 2.35. The van der Waals surface area contributed by atoms with Crippen LogP contribution < -0.4 is 9.47 Å². The highest BCUT2D eigenvalue weighted by atomic mass is 79.9. The van der Waals surface area contributed by atoms with Gasteiger partial charge in [-0.3, -0.25) is 4.90 Å². The van der Waals surface area contributed by atoms with Crippen molar-refractivity contribution in [2.24, 2.45) is 0 Å². The number of fused-ring (bicyclic) bond motifs is 3. The summed E-state index contributed by atoms with van der Waals surface area (Å²) in [5.41, 5.74) is 4.12. The molecule has 1 amide bonds. The second-order valence-corrected chi connectivity index (χ2v) is 8.79. The van der Waals surface area contributed by atoms with E-state index in [1.807, 2.05) is 43.3 Å². The topological polar surface area (TPSA) is 54.6 Å². The van der Waals surface area contributed by atoms with Crippen molar-refractivity contribution in [2.45, 2.75) is 19.4 Å². The molecular formula is C26H22BrFN2O3. The number of halogens is 2. The number of nitrogens with one attached hydrogen (secondary N) is 1. The number of H-pyrrole nitrogens is 1. The van der Waals surface area contributed by atoms with Crippen LogP contribution in [0.1, 0.15) is 29.8 Å². The van der Waals surface area contributed by atoms with Gasteiger partial charge in [0.05, 0.1) is 6.61 Å². The third-order valence-corrected chi connectivity index (χ3v) is 6.34. The molecule has 5 nitrogen and oxygen atoms in total. The van der Waals surface area contributed by atoms with Gasteiger partial charge in [0.25, 0.3) is 0 Å². The van der Waals surface area contributed by atoms with E-state index < -0.39 is 6.09 Å². The molecule has 2 heterocycles. The molecule has 0 spiro atoms. The molecule has 0 saturated carbocycles. The summed E-state index contributed by atoms with van der Waals surface area (Å²) in [6.45, 7) is 3.02. The number of hydrogen-bond acceptors (Lipinski definition) is 3. The van der Waals surface area contributed by atoms with Crippen LogP contribution in [-0.4, -0.2) is 29.1 Å². The summed E-state index contributed by atoms with van der Waals surface area (Å²) < 4.78 is 25.5. The van der Waals surface area contributed by atoms with Gasteiger partial charge in [0.15, 0.2) is 0 Å². The van der Waals surface area contributed by atoms with Gasteiger partial charge in [-0.15, -0.1) is 0 Å². The molecule has 168 valence electrons. The van der Waals surface area contributed by atoms with E-state index >= 15 is 0 Å². The lowest BCUT2D eigenvalue weighted by atomic mass is 9.92. The number of carbonyl (C=O) groups is 1. The van der Waals surface area contributed by atoms with E-state index in [2.05, 4.69) is 27.0 Å². The highest BCUT2D eigenvalue weighted by molar-refractivity contribution is 9.10. The molecule has 1 unspecified atom stereocenters. The molecule has 5 rings (SSSR count). The first-order valence-corrected chi connectivity index (χ1v) is 11.6. The zero-order chi connectivity index (χ0) is 22.9. The van der Waals surface area contributed by atoms with E-state index in [-0.39, 0.29) is 11.9 Å². The first kappa shape index (κ1) is 21.5. The lowest BCUT2D eigenvalue weighted by Crippen LogP contribution is -2.42. The van der Waals surface area contributed by atoms with Crippen LogP contribution >= 0.6 is 15.9 Å². The largest absolute Gasteiger partial charge is 0.494 e. The molecule has 0 fully saturated rings. The molecule has 0 radical (unpaired) electrons. The van der Waals surface area contributed by atoms with Gasteiger partial charge in [0, 0.05) is 27.6 Å². The van der Waals surface area contributed by atoms with Crippen molar-refractivity contribution in [3.63, 3.8) is 0 Å². The van der Waals surface area contributed by atoms with Crippen LogP contribution in [0.3, 0.4) is 0 Å². The average molecular weight is 509 g/mol. The Hall–Kier alpha value is -3.32. The van der Waals surface area contributed by atoms with Gasteiger partial charge >= 0.3 is 6.09 Å². The van der Waals surface area contributed by atoms with Gasteiger partial charge in [-0.05, 0) is 79.1 Å². The Balaban J connectivity index is 1.56. The maximum absolute atomic E-state index is 13.3. The number of benzene rings is 3. The minimum atomic E-state index is -0.481. The highest BCUT2D eigenvalue weighted by Crippen LogP contribution is 2.40. The zero-order valence-electron chi connectivity index (χ0n) is 18.0. The third-order valence-electron chi connectivity index (χ3n) is 5.85. The monoisotopic (exact) mass is 508 g/mol. The first-order valence-electron chi connectivity index (χ1n) is 10.8. The van der Waals surface area contributed by atoms with E-state index in [4.69, 9.17) is 9.47 Å². The number of ether oxygens (including phenoxy) is 2. The molecule has 0 aliphatic carbocycles. The van der Waals surface area contributed by atoms with Gasteiger partial charge in [0.2, 0.25) is 0 Å². The maximum atomic E-state index is 13.3. The molecule has 1 N–H and O–H groups in total. The fraction of sp³-hybridized carbons (Fsp3) is 0.192. The Labute approximate surface area is 199 Å². The second-order valence-electron chi connectivity index (χ2n) is 7.88. The van der Waals surface area contributed by atoms with Crippen molar-refractivity contribution >= 4 is 32.9 Å². The molecule has 1 aliphatic rings. The summed E-state index contributed by atoms with van der Waals surface area (Å²) in [6, 6.07) is 19.0. The van der Waals surface area contributed by atoms with E-state index in [0.29, 0.717) is 25.3 Å². The summed E-state index contributed by atoms with van der Waals surface area (Å²) in [4.78, 5) is 18.5. The molecule has 1 aliphatic heterocycles. The Morgan fingerprint density at radius 2 is 1.82 bits per heavy atom. The van der Waals surface area contributed by atoms with Crippen molar-refractivity contribution in [1.82, 2.24) is 9.88 Å². The lowest BCUT2D eigenvalue weighted by molar-refractivity contribution is 0.135. The Morgan fingerprint density at radius 1 is 1.09 bits per heavy atom. The number of hydrogen-bond donors (Lipinski definition) is 1. The summed E-state index contributed by atoms with van der Waals surface area (Å²) in [6.07, 6.45) is 0.212. The van der Waals surface area contributed by atoms with Gasteiger partial charge < -0.3 is 14.5 Å². The molecule has 3 aromatic carbocycles. The standard InChI is InChI=1S/C26H22BrFN2O3/c1-2-32-19-8-3-16(4-9-19)25-24-21(22-15-17(27)5-12-23(22)29-24)13-14-30(25)26(31)33-20-10-6-18(28)7-11-20/h3-12,15,25,29H,2,13-14H2,1H3. The third kappa shape index (κ3) is 4.20. The molecule has 33 heavy (non-hydrogen) atoms. The van der Waals surface area contributed by atoms with Crippen LogP contribution in [0.25, 0.3) is 10.9 Å². The molecule has 0 bridgehead atoms. The predicted octanol–water partition coefficient (Wildman–Crippen LogP) is 6.61. The van der Waals surface area contributed by atoms with E-state index in [1.54, 1.807) is 4.90 Å². The van der Waals surface area contributed by atoms with Crippen molar-refractivity contribution < 1.29 is 18.7 Å². The molecular weight excluding hydrogens is 487 g/mol. The van der Waals surface area contributed by atoms with Crippen LogP contribution in [-0.2, 0) is 6.42 Å².